The van der Waals surface area contributed by atoms with Crippen molar-refractivity contribution < 1.29 is 16.8 Å². The van der Waals surface area contributed by atoms with Crippen LogP contribution in [0.2, 0.25) is 14.7 Å². The molecule has 1 nitrogen and oxygen atoms in total. The first kappa shape index (κ1) is 12.9. The molecule has 5 aliphatic carbocycles. The molecule has 0 spiro atoms. The van der Waals surface area contributed by atoms with E-state index in [9.17, 15) is 0 Å². The quantitative estimate of drug-likeness (QED) is 0.748. The second-order valence-electron chi connectivity index (χ2n) is 8.34. The van der Waals surface area contributed by atoms with Crippen molar-refractivity contribution in [3.8, 4) is 0 Å². The summed E-state index contributed by atoms with van der Waals surface area (Å²) in [7, 11) is 0. The molecule has 0 heterocycles. The van der Waals surface area contributed by atoms with Gasteiger partial charge in [0.25, 0.3) is 0 Å². The van der Waals surface area contributed by atoms with Crippen LogP contribution in [0.4, 0.5) is 0 Å². The number of hydrogen-bond donors (Lipinski definition) is 1. The molecular weight excluding hydrogens is 266 g/mol. The zero-order chi connectivity index (χ0) is 13.1. The van der Waals surface area contributed by atoms with Crippen molar-refractivity contribution in [3.63, 3.8) is 0 Å². The summed E-state index contributed by atoms with van der Waals surface area (Å²) in [5.74, 6) is 3.19. The first-order valence-electron chi connectivity index (χ1n) is 8.19. The molecule has 1 N–H and O–H groups in total. The maximum atomic E-state index is 4.33. The van der Waals surface area contributed by atoms with Gasteiger partial charge in [-0.2, -0.15) is 0 Å². The van der Waals surface area contributed by atoms with Crippen molar-refractivity contribution in [1.82, 2.24) is 3.80 Å². The fourth-order valence-electron chi connectivity index (χ4n) is 5.94. The molecule has 4 fully saturated rings. The van der Waals surface area contributed by atoms with E-state index in [4.69, 9.17) is 0 Å². The number of allylic oxidation sites excluding steroid dienone is 4. The summed E-state index contributed by atoms with van der Waals surface area (Å²) in [5, 5.41) is 5.17. The van der Waals surface area contributed by atoms with Crippen LogP contribution in [0.5, 0.6) is 0 Å². The van der Waals surface area contributed by atoms with Gasteiger partial charge < -0.3 is 0 Å². The zero-order valence-corrected chi connectivity index (χ0v) is 13.9. The van der Waals surface area contributed by atoms with E-state index in [0.717, 1.165) is 22.0 Å². The van der Waals surface area contributed by atoms with Crippen LogP contribution in [0.25, 0.3) is 0 Å². The number of nitrogens with one attached hydrogen (secondary N) is 1. The molecule has 0 amide bonds. The SMILES string of the molecule is [CH3][Ti]([CH3])([NH]C12CC3CC(CC(C3)C1)C2)[CH]1C=CC=C1. The molecular formula is C17H27NTi. The Bertz CT molecular complexity index is 387. The Hall–Kier alpha value is 0.154. The van der Waals surface area contributed by atoms with E-state index in [1.807, 2.05) is 0 Å². The van der Waals surface area contributed by atoms with Crippen LogP contribution in [-0.2, 0) is 16.8 Å². The molecule has 4 bridgehead atoms. The van der Waals surface area contributed by atoms with Crippen molar-refractivity contribution in [1.29, 1.82) is 0 Å². The number of hydrogen-bond acceptors (Lipinski definition) is 1. The second kappa shape index (κ2) is 4.32. The van der Waals surface area contributed by atoms with Gasteiger partial charge in [-0.25, -0.2) is 0 Å². The summed E-state index contributed by atoms with van der Waals surface area (Å²) in [4.78, 5) is 0. The Morgan fingerprint density at radius 3 is 1.84 bits per heavy atom. The van der Waals surface area contributed by atoms with E-state index in [1.165, 1.54) is 19.3 Å². The van der Waals surface area contributed by atoms with Crippen LogP contribution in [0.1, 0.15) is 38.5 Å². The Labute approximate surface area is 121 Å². The van der Waals surface area contributed by atoms with E-state index in [2.05, 4.69) is 38.6 Å². The van der Waals surface area contributed by atoms with Gasteiger partial charge in [-0.1, -0.05) is 0 Å². The average Bonchev–Trinajstić information content (AvgIpc) is 2.78. The standard InChI is InChI=1S/C10H16N.C5H5.2CH3.Ti/c11-10-4-7-1-8(5-10)3-9(2-7)6-10;1-2-4-5-3-1;;;/h7-9,11H,1-6H2;1-5H;2*1H3;/q-1;;;;+1. The predicted octanol–water partition coefficient (Wildman–Crippen LogP) is 4.62. The third-order valence-electron chi connectivity index (χ3n) is 6.21. The fourth-order valence-corrected chi connectivity index (χ4v) is 10.7. The van der Waals surface area contributed by atoms with E-state index in [1.54, 1.807) is 19.3 Å². The van der Waals surface area contributed by atoms with E-state index < -0.39 is 16.8 Å². The normalized spacial score (nSPS) is 44.4. The molecule has 0 radical (unpaired) electrons. The van der Waals surface area contributed by atoms with E-state index in [0.29, 0.717) is 5.54 Å². The van der Waals surface area contributed by atoms with Gasteiger partial charge in [-0.05, 0) is 0 Å². The van der Waals surface area contributed by atoms with Gasteiger partial charge in [-0.3, -0.25) is 0 Å². The van der Waals surface area contributed by atoms with Gasteiger partial charge in [0, 0.05) is 0 Å². The first-order valence-corrected chi connectivity index (χ1v) is 13.0. The molecule has 0 atom stereocenters. The van der Waals surface area contributed by atoms with Crippen LogP contribution < -0.4 is 3.80 Å². The summed E-state index contributed by atoms with van der Waals surface area (Å²) < 4.78 is 5.09. The van der Waals surface area contributed by atoms with Gasteiger partial charge in [0.2, 0.25) is 0 Å². The molecule has 5 rings (SSSR count). The molecule has 2 heteroatoms. The Balaban J connectivity index is 1.55. The molecule has 104 valence electrons. The molecule has 0 aliphatic heterocycles. The molecule has 0 aromatic carbocycles. The summed E-state index contributed by atoms with van der Waals surface area (Å²) in [6.45, 7) is 0. The molecule has 5 aliphatic rings. The average molecular weight is 293 g/mol. The topological polar surface area (TPSA) is 12.0 Å². The zero-order valence-electron chi connectivity index (χ0n) is 12.4. The van der Waals surface area contributed by atoms with Crippen molar-refractivity contribution in [3.05, 3.63) is 24.3 Å². The monoisotopic (exact) mass is 293 g/mol. The maximum absolute atomic E-state index is 4.33. The van der Waals surface area contributed by atoms with Gasteiger partial charge in [0.15, 0.2) is 0 Å². The fraction of sp³-hybridized carbons (Fsp3) is 0.765. The van der Waals surface area contributed by atoms with E-state index in [-0.39, 0.29) is 0 Å². The Kier molecular flexibility index (Phi) is 2.93. The molecule has 19 heavy (non-hydrogen) atoms. The summed E-state index contributed by atoms with van der Waals surface area (Å²) in [6, 6.07) is 0. The van der Waals surface area contributed by atoms with Crippen LogP contribution >= 0.6 is 0 Å². The van der Waals surface area contributed by atoms with E-state index >= 15 is 0 Å². The van der Waals surface area contributed by atoms with Crippen molar-refractivity contribution in [2.75, 3.05) is 0 Å². The summed E-state index contributed by atoms with van der Waals surface area (Å²) in [5.41, 5.74) is 0.558. The van der Waals surface area contributed by atoms with Gasteiger partial charge in [-0.15, -0.1) is 0 Å². The summed E-state index contributed by atoms with van der Waals surface area (Å²) >= 11 is -1.93. The molecule has 0 unspecified atom stereocenters. The van der Waals surface area contributed by atoms with Gasteiger partial charge in [0.1, 0.15) is 0 Å². The van der Waals surface area contributed by atoms with Crippen LogP contribution in [0.15, 0.2) is 24.3 Å². The van der Waals surface area contributed by atoms with Crippen molar-refractivity contribution >= 4 is 0 Å². The van der Waals surface area contributed by atoms with Gasteiger partial charge in [0.05, 0.1) is 0 Å². The molecule has 0 saturated heterocycles. The molecule has 0 aromatic heterocycles. The second-order valence-corrected chi connectivity index (χ2v) is 15.1. The minimum absolute atomic E-state index is 0.558. The van der Waals surface area contributed by atoms with Gasteiger partial charge >= 0.3 is 121 Å². The first-order chi connectivity index (χ1) is 9.05. The Morgan fingerprint density at radius 1 is 0.895 bits per heavy atom. The number of rotatable bonds is 3. The third kappa shape index (κ3) is 2.22. The van der Waals surface area contributed by atoms with Crippen LogP contribution in [0, 0.1) is 17.8 Å². The molecule has 0 aromatic rings. The molecule has 4 saturated carbocycles. The summed E-state index contributed by atoms with van der Waals surface area (Å²) in [6.07, 6.45) is 18.5. The third-order valence-corrected chi connectivity index (χ3v) is 11.2. The Morgan fingerprint density at radius 2 is 1.37 bits per heavy atom. The predicted molar refractivity (Wildman–Crippen MR) is 77.8 cm³/mol. The van der Waals surface area contributed by atoms with Crippen molar-refractivity contribution in [2.45, 2.75) is 58.7 Å². The van der Waals surface area contributed by atoms with Crippen LogP contribution in [-0.4, -0.2) is 5.54 Å². The minimum atomic E-state index is -1.93. The van der Waals surface area contributed by atoms with Crippen LogP contribution in [0.3, 0.4) is 0 Å². The van der Waals surface area contributed by atoms with Crippen molar-refractivity contribution in [2.24, 2.45) is 17.8 Å².